The number of hydrogen-bond donors (Lipinski definition) is 0. The van der Waals surface area contributed by atoms with Gasteiger partial charge in [0.1, 0.15) is 5.38 Å². The summed E-state index contributed by atoms with van der Waals surface area (Å²) in [5.41, 5.74) is 1.06. The third-order valence-electron chi connectivity index (χ3n) is 2.28. The van der Waals surface area contributed by atoms with Gasteiger partial charge in [-0.3, -0.25) is 4.79 Å². The summed E-state index contributed by atoms with van der Waals surface area (Å²) in [6.45, 7) is 0. The summed E-state index contributed by atoms with van der Waals surface area (Å²) in [6.07, 6.45) is 0.222. The summed E-state index contributed by atoms with van der Waals surface area (Å²) in [6, 6.07) is 6.84. The molecule has 0 saturated carbocycles. The average Bonchev–Trinajstić information content (AvgIpc) is 2.37. The van der Waals surface area contributed by atoms with Crippen LogP contribution in [-0.2, 0) is 20.7 Å². The zero-order valence-electron chi connectivity index (χ0n) is 9.60. The molecule has 0 amide bonds. The Kier molecular flexibility index (Phi) is 4.97. The van der Waals surface area contributed by atoms with Crippen molar-refractivity contribution in [2.24, 2.45) is 0 Å². The van der Waals surface area contributed by atoms with Crippen LogP contribution in [-0.4, -0.2) is 31.5 Å². The third-order valence-corrected chi connectivity index (χ3v) is 2.61. The zero-order chi connectivity index (χ0) is 12.8. The second-order valence-corrected chi connectivity index (χ2v) is 3.87. The van der Waals surface area contributed by atoms with Crippen molar-refractivity contribution in [2.45, 2.75) is 11.8 Å². The van der Waals surface area contributed by atoms with Crippen LogP contribution in [0.2, 0.25) is 0 Å². The summed E-state index contributed by atoms with van der Waals surface area (Å²) >= 11 is 5.86. The van der Waals surface area contributed by atoms with Gasteiger partial charge in [-0.1, -0.05) is 18.2 Å². The summed E-state index contributed by atoms with van der Waals surface area (Å²) in [5, 5.41) is -0.814. The molecule has 0 aliphatic heterocycles. The van der Waals surface area contributed by atoms with E-state index in [1.54, 1.807) is 24.3 Å². The molecule has 1 aromatic rings. The lowest BCUT2D eigenvalue weighted by Gasteiger charge is -2.10. The highest BCUT2D eigenvalue weighted by Gasteiger charge is 2.20. The lowest BCUT2D eigenvalue weighted by Crippen LogP contribution is -2.20. The summed E-state index contributed by atoms with van der Waals surface area (Å²) in [7, 11) is 2.57. The number of carbonyl (C=O) groups excluding carboxylic acids is 2. The molecule has 0 heterocycles. The van der Waals surface area contributed by atoms with Crippen LogP contribution >= 0.6 is 11.6 Å². The van der Waals surface area contributed by atoms with Crippen LogP contribution in [0.4, 0.5) is 0 Å². The van der Waals surface area contributed by atoms with Gasteiger partial charge in [0.05, 0.1) is 19.8 Å². The minimum Gasteiger partial charge on any atom is -0.468 e. The first-order valence-electron chi connectivity index (χ1n) is 4.98. The molecule has 1 aromatic carbocycles. The van der Waals surface area contributed by atoms with Crippen LogP contribution in [0.5, 0.6) is 0 Å². The van der Waals surface area contributed by atoms with Crippen molar-refractivity contribution in [1.82, 2.24) is 0 Å². The number of halogens is 1. The smallest absolute Gasteiger partial charge is 0.338 e. The maximum absolute atomic E-state index is 11.5. The van der Waals surface area contributed by atoms with Crippen molar-refractivity contribution >= 4 is 23.5 Å². The Bertz CT molecular complexity index is 417. The van der Waals surface area contributed by atoms with E-state index in [0.29, 0.717) is 11.1 Å². The van der Waals surface area contributed by atoms with Crippen LogP contribution in [0.1, 0.15) is 15.9 Å². The standard InChI is InChI=1S/C12H13ClO4/c1-16-11(14)9-6-4-3-5-8(9)7-10(13)12(15)17-2/h3-6,10H,7H2,1-2H3/t10-/m1/s1. The number of ether oxygens (including phenoxy) is 2. The maximum atomic E-state index is 11.5. The molecule has 0 bridgehead atoms. The van der Waals surface area contributed by atoms with Crippen LogP contribution in [0, 0.1) is 0 Å². The normalized spacial score (nSPS) is 11.7. The average molecular weight is 257 g/mol. The summed E-state index contributed by atoms with van der Waals surface area (Å²) in [5.74, 6) is -0.972. The fourth-order valence-electron chi connectivity index (χ4n) is 1.41. The molecule has 5 heteroatoms. The highest BCUT2D eigenvalue weighted by Crippen LogP contribution is 2.15. The quantitative estimate of drug-likeness (QED) is 0.609. The SMILES string of the molecule is COC(=O)c1ccccc1C[C@@H](Cl)C(=O)OC. The lowest BCUT2D eigenvalue weighted by molar-refractivity contribution is -0.140. The third kappa shape index (κ3) is 3.46. The molecule has 0 spiro atoms. The number of rotatable bonds is 4. The molecule has 0 aromatic heterocycles. The van der Waals surface area contributed by atoms with Crippen molar-refractivity contribution in [3.8, 4) is 0 Å². The van der Waals surface area contributed by atoms with E-state index in [2.05, 4.69) is 9.47 Å². The lowest BCUT2D eigenvalue weighted by atomic mass is 10.0. The molecular weight excluding hydrogens is 244 g/mol. The van der Waals surface area contributed by atoms with Gasteiger partial charge in [0.2, 0.25) is 0 Å². The monoisotopic (exact) mass is 256 g/mol. The van der Waals surface area contributed by atoms with Crippen LogP contribution in [0.3, 0.4) is 0 Å². The minimum absolute atomic E-state index is 0.222. The van der Waals surface area contributed by atoms with E-state index in [-0.39, 0.29) is 6.42 Å². The predicted octanol–water partition coefficient (Wildman–Crippen LogP) is 1.80. The molecule has 0 fully saturated rings. The van der Waals surface area contributed by atoms with E-state index in [0.717, 1.165) is 0 Å². The van der Waals surface area contributed by atoms with E-state index in [1.807, 2.05) is 0 Å². The molecule has 0 aliphatic carbocycles. The number of hydrogen-bond acceptors (Lipinski definition) is 4. The maximum Gasteiger partial charge on any atom is 0.338 e. The first-order valence-corrected chi connectivity index (χ1v) is 5.42. The molecule has 17 heavy (non-hydrogen) atoms. The van der Waals surface area contributed by atoms with Crippen molar-refractivity contribution in [3.63, 3.8) is 0 Å². The summed E-state index contributed by atoms with van der Waals surface area (Å²) in [4.78, 5) is 22.7. The van der Waals surface area contributed by atoms with Gasteiger partial charge < -0.3 is 9.47 Å². The Morgan fingerprint density at radius 2 is 1.88 bits per heavy atom. The highest BCUT2D eigenvalue weighted by atomic mass is 35.5. The van der Waals surface area contributed by atoms with Gasteiger partial charge in [-0.05, 0) is 11.6 Å². The van der Waals surface area contributed by atoms with Crippen molar-refractivity contribution in [2.75, 3.05) is 14.2 Å². The molecule has 0 N–H and O–H groups in total. The number of benzene rings is 1. The van der Waals surface area contributed by atoms with E-state index in [9.17, 15) is 9.59 Å². The van der Waals surface area contributed by atoms with Crippen LogP contribution in [0.25, 0.3) is 0 Å². The van der Waals surface area contributed by atoms with Gasteiger partial charge in [0.15, 0.2) is 0 Å². The molecular formula is C12H13ClO4. The van der Waals surface area contributed by atoms with E-state index >= 15 is 0 Å². The van der Waals surface area contributed by atoms with Crippen molar-refractivity contribution in [3.05, 3.63) is 35.4 Å². The van der Waals surface area contributed by atoms with Crippen LogP contribution < -0.4 is 0 Å². The Balaban J connectivity index is 2.91. The van der Waals surface area contributed by atoms with Gasteiger partial charge in [-0.2, -0.15) is 0 Å². The topological polar surface area (TPSA) is 52.6 Å². The van der Waals surface area contributed by atoms with Crippen molar-refractivity contribution < 1.29 is 19.1 Å². The molecule has 0 unspecified atom stereocenters. The number of methoxy groups -OCH3 is 2. The molecule has 92 valence electrons. The molecule has 1 rings (SSSR count). The number of carbonyl (C=O) groups is 2. The molecule has 0 radical (unpaired) electrons. The second-order valence-electron chi connectivity index (χ2n) is 3.34. The fourth-order valence-corrected chi connectivity index (χ4v) is 1.67. The first kappa shape index (κ1) is 13.5. The van der Waals surface area contributed by atoms with E-state index in [4.69, 9.17) is 11.6 Å². The number of esters is 2. The van der Waals surface area contributed by atoms with Crippen molar-refractivity contribution in [1.29, 1.82) is 0 Å². The van der Waals surface area contributed by atoms with Gasteiger partial charge in [0, 0.05) is 6.42 Å². The molecule has 1 atom stereocenters. The van der Waals surface area contributed by atoms with Gasteiger partial charge in [-0.25, -0.2) is 4.79 Å². The van der Waals surface area contributed by atoms with Crippen LogP contribution in [0.15, 0.2) is 24.3 Å². The van der Waals surface area contributed by atoms with Gasteiger partial charge >= 0.3 is 11.9 Å². The van der Waals surface area contributed by atoms with E-state index < -0.39 is 17.3 Å². The molecule has 4 nitrogen and oxygen atoms in total. The minimum atomic E-state index is -0.814. The van der Waals surface area contributed by atoms with Gasteiger partial charge in [0.25, 0.3) is 0 Å². The summed E-state index contributed by atoms with van der Waals surface area (Å²) < 4.78 is 9.17. The zero-order valence-corrected chi connectivity index (χ0v) is 10.4. The predicted molar refractivity (Wildman–Crippen MR) is 63.1 cm³/mol. The fraction of sp³-hybridized carbons (Fsp3) is 0.333. The van der Waals surface area contributed by atoms with E-state index in [1.165, 1.54) is 14.2 Å². The first-order chi connectivity index (χ1) is 8.10. The largest absolute Gasteiger partial charge is 0.468 e. The molecule has 0 saturated heterocycles. The Morgan fingerprint density at radius 1 is 1.24 bits per heavy atom. The molecule has 0 aliphatic rings. The second kappa shape index (κ2) is 6.25. The Labute approximate surface area is 104 Å². The Morgan fingerprint density at radius 3 is 2.47 bits per heavy atom. The van der Waals surface area contributed by atoms with Gasteiger partial charge in [-0.15, -0.1) is 11.6 Å². The highest BCUT2D eigenvalue weighted by molar-refractivity contribution is 6.30. The Hall–Kier alpha value is -1.55. The number of alkyl halides is 1.